The van der Waals surface area contributed by atoms with Gasteiger partial charge in [0.05, 0.1) is 10.9 Å². The monoisotopic (exact) mass is 394 g/mol. The van der Waals surface area contributed by atoms with Crippen molar-refractivity contribution in [1.82, 2.24) is 20.2 Å². The van der Waals surface area contributed by atoms with E-state index in [-0.39, 0.29) is 5.91 Å². The maximum Gasteiger partial charge on any atom is 0.321 e. The number of benzene rings is 2. The van der Waals surface area contributed by atoms with E-state index in [4.69, 9.17) is 0 Å². The first kappa shape index (κ1) is 19.7. The van der Waals surface area contributed by atoms with Crippen LogP contribution >= 0.6 is 11.8 Å². The predicted octanol–water partition coefficient (Wildman–Crippen LogP) is 3.69. The topological polar surface area (TPSA) is 76.0 Å². The number of thioether (sulfide) groups is 1. The fourth-order valence-corrected chi connectivity index (χ4v) is 3.52. The van der Waals surface area contributed by atoms with Gasteiger partial charge >= 0.3 is 6.03 Å². The first-order chi connectivity index (χ1) is 13.5. The minimum absolute atomic E-state index is 0.360. The van der Waals surface area contributed by atoms with Crippen LogP contribution in [-0.2, 0) is 11.3 Å². The third-order valence-electron chi connectivity index (χ3n) is 4.17. The largest absolute Gasteiger partial charge is 0.334 e. The van der Waals surface area contributed by atoms with Crippen LogP contribution in [0, 0.1) is 6.92 Å². The second-order valence-electron chi connectivity index (χ2n) is 6.28. The van der Waals surface area contributed by atoms with Gasteiger partial charge in [-0.1, -0.05) is 60.3 Å². The lowest BCUT2D eigenvalue weighted by atomic mass is 10.2. The zero-order valence-corrected chi connectivity index (χ0v) is 16.6. The summed E-state index contributed by atoms with van der Waals surface area (Å²) in [4.78, 5) is 28.7. The number of aromatic nitrogens is 2. The maximum atomic E-state index is 12.4. The minimum Gasteiger partial charge on any atom is -0.334 e. The van der Waals surface area contributed by atoms with Gasteiger partial charge in [0.15, 0.2) is 5.16 Å². The van der Waals surface area contributed by atoms with E-state index >= 15 is 0 Å². The third kappa shape index (κ3) is 5.01. The Hall–Kier alpha value is -3.06. The Bertz CT molecular complexity index is 956. The van der Waals surface area contributed by atoms with E-state index in [1.807, 2.05) is 72.3 Å². The number of amides is 3. The van der Waals surface area contributed by atoms with Crippen LogP contribution in [0.1, 0.15) is 18.1 Å². The van der Waals surface area contributed by atoms with Gasteiger partial charge in [0.25, 0.3) is 0 Å². The Kier molecular flexibility index (Phi) is 6.49. The van der Waals surface area contributed by atoms with Gasteiger partial charge in [-0.3, -0.25) is 14.7 Å². The second kappa shape index (κ2) is 9.23. The van der Waals surface area contributed by atoms with E-state index in [9.17, 15) is 9.59 Å². The molecule has 0 bridgehead atoms. The molecule has 6 nitrogen and oxygen atoms in total. The molecule has 1 atom stereocenters. The summed E-state index contributed by atoms with van der Waals surface area (Å²) in [7, 11) is 0. The molecule has 0 fully saturated rings. The van der Waals surface area contributed by atoms with Crippen LogP contribution in [0.2, 0.25) is 0 Å². The smallest absolute Gasteiger partial charge is 0.321 e. The van der Waals surface area contributed by atoms with Crippen molar-refractivity contribution in [3.05, 3.63) is 78.1 Å². The van der Waals surface area contributed by atoms with Gasteiger partial charge in [0.1, 0.15) is 0 Å². The number of aryl methyl sites for hydroxylation is 1. The Morgan fingerprint density at radius 1 is 1.11 bits per heavy atom. The first-order valence-corrected chi connectivity index (χ1v) is 9.81. The summed E-state index contributed by atoms with van der Waals surface area (Å²) >= 11 is 1.30. The Morgan fingerprint density at radius 2 is 1.82 bits per heavy atom. The number of nitrogens with one attached hydrogen (secondary N) is 2. The molecule has 3 rings (SSSR count). The summed E-state index contributed by atoms with van der Waals surface area (Å²) in [5.41, 5.74) is 3.09. The SMILES string of the molecule is Cc1ccccc1-n1ccnc1SC(C)C(=O)NC(=O)NCc1ccccc1. The van der Waals surface area contributed by atoms with Crippen LogP contribution in [-0.4, -0.2) is 26.7 Å². The van der Waals surface area contributed by atoms with E-state index in [1.54, 1.807) is 13.1 Å². The van der Waals surface area contributed by atoms with E-state index in [1.165, 1.54) is 11.8 Å². The molecule has 0 saturated carbocycles. The molecule has 3 amide bonds. The summed E-state index contributed by atoms with van der Waals surface area (Å²) in [6.07, 6.45) is 3.56. The van der Waals surface area contributed by atoms with E-state index in [0.717, 1.165) is 16.8 Å². The molecular formula is C21H22N4O2S. The van der Waals surface area contributed by atoms with E-state index in [0.29, 0.717) is 11.7 Å². The maximum absolute atomic E-state index is 12.4. The molecule has 1 unspecified atom stereocenters. The predicted molar refractivity (Wildman–Crippen MR) is 110 cm³/mol. The van der Waals surface area contributed by atoms with Gasteiger partial charge in [-0.2, -0.15) is 0 Å². The van der Waals surface area contributed by atoms with Crippen molar-refractivity contribution in [2.24, 2.45) is 0 Å². The normalized spacial score (nSPS) is 11.6. The molecule has 0 saturated heterocycles. The molecule has 0 radical (unpaired) electrons. The molecule has 1 heterocycles. The summed E-state index contributed by atoms with van der Waals surface area (Å²) in [6.45, 7) is 4.14. The molecule has 0 aliphatic carbocycles. The quantitative estimate of drug-likeness (QED) is 0.625. The lowest BCUT2D eigenvalue weighted by Gasteiger charge is -2.14. The van der Waals surface area contributed by atoms with E-state index < -0.39 is 11.3 Å². The van der Waals surface area contributed by atoms with Gasteiger partial charge in [-0.05, 0) is 31.0 Å². The van der Waals surface area contributed by atoms with Crippen molar-refractivity contribution in [1.29, 1.82) is 0 Å². The number of rotatable bonds is 6. The molecule has 0 aliphatic heterocycles. The van der Waals surface area contributed by atoms with Gasteiger partial charge in [-0.25, -0.2) is 9.78 Å². The van der Waals surface area contributed by atoms with Crippen LogP contribution in [0.3, 0.4) is 0 Å². The minimum atomic E-state index is -0.511. The van der Waals surface area contributed by atoms with Crippen LogP contribution < -0.4 is 10.6 Å². The summed E-state index contributed by atoms with van der Waals surface area (Å²) < 4.78 is 1.94. The summed E-state index contributed by atoms with van der Waals surface area (Å²) in [5, 5.41) is 5.29. The summed E-state index contributed by atoms with van der Waals surface area (Å²) in [6, 6.07) is 17.0. The van der Waals surface area contributed by atoms with Crippen LogP contribution in [0.5, 0.6) is 0 Å². The molecule has 1 aromatic heterocycles. The Morgan fingerprint density at radius 3 is 2.57 bits per heavy atom. The number of imide groups is 1. The lowest BCUT2D eigenvalue weighted by Crippen LogP contribution is -2.42. The average Bonchev–Trinajstić information content (AvgIpc) is 3.15. The number of nitrogens with zero attached hydrogens (tertiary/aromatic N) is 2. The molecule has 3 aromatic rings. The van der Waals surface area contributed by atoms with Gasteiger partial charge in [0.2, 0.25) is 5.91 Å². The number of imidazole rings is 1. The van der Waals surface area contributed by atoms with Crippen LogP contribution in [0.25, 0.3) is 5.69 Å². The molecule has 0 spiro atoms. The highest BCUT2D eigenvalue weighted by molar-refractivity contribution is 8.00. The number of urea groups is 1. The van der Waals surface area contributed by atoms with Gasteiger partial charge < -0.3 is 5.32 Å². The molecule has 2 aromatic carbocycles. The fraction of sp³-hybridized carbons (Fsp3) is 0.190. The second-order valence-corrected chi connectivity index (χ2v) is 7.59. The highest BCUT2D eigenvalue weighted by Crippen LogP contribution is 2.25. The first-order valence-electron chi connectivity index (χ1n) is 8.93. The van der Waals surface area contributed by atoms with Crippen molar-refractivity contribution in [3.63, 3.8) is 0 Å². The van der Waals surface area contributed by atoms with Crippen molar-refractivity contribution >= 4 is 23.7 Å². The zero-order chi connectivity index (χ0) is 19.9. The number of hydrogen-bond acceptors (Lipinski definition) is 4. The molecule has 28 heavy (non-hydrogen) atoms. The van der Waals surface area contributed by atoms with Gasteiger partial charge in [-0.15, -0.1) is 0 Å². The highest BCUT2D eigenvalue weighted by Gasteiger charge is 2.20. The Labute approximate surface area is 168 Å². The molecule has 7 heteroatoms. The molecule has 0 aliphatic rings. The highest BCUT2D eigenvalue weighted by atomic mass is 32.2. The van der Waals surface area contributed by atoms with Crippen molar-refractivity contribution in [2.45, 2.75) is 30.8 Å². The average molecular weight is 395 g/mol. The van der Waals surface area contributed by atoms with E-state index in [2.05, 4.69) is 15.6 Å². The van der Waals surface area contributed by atoms with Gasteiger partial charge in [0, 0.05) is 18.9 Å². The number of hydrogen-bond donors (Lipinski definition) is 2. The van der Waals surface area contributed by atoms with Crippen LogP contribution in [0.4, 0.5) is 4.79 Å². The van der Waals surface area contributed by atoms with Crippen molar-refractivity contribution < 1.29 is 9.59 Å². The molecule has 144 valence electrons. The number of carbonyl (C=O) groups is 2. The number of para-hydroxylation sites is 1. The summed E-state index contributed by atoms with van der Waals surface area (Å²) in [5.74, 6) is -0.366. The van der Waals surface area contributed by atoms with Crippen LogP contribution in [0.15, 0.2) is 72.1 Å². The third-order valence-corrected chi connectivity index (χ3v) is 5.25. The zero-order valence-electron chi connectivity index (χ0n) is 15.8. The van der Waals surface area contributed by atoms with Crippen molar-refractivity contribution in [2.75, 3.05) is 0 Å². The lowest BCUT2D eigenvalue weighted by molar-refractivity contribution is -0.119. The van der Waals surface area contributed by atoms with Crippen molar-refractivity contribution in [3.8, 4) is 5.69 Å². The molecule has 2 N–H and O–H groups in total. The Balaban J connectivity index is 1.57. The molecular weight excluding hydrogens is 372 g/mol. The standard InChI is InChI=1S/C21H22N4O2S/c1-15-8-6-7-11-18(15)25-13-12-22-21(25)28-16(2)19(26)24-20(27)23-14-17-9-4-3-5-10-17/h3-13,16H,14H2,1-2H3,(H2,23,24,26,27). The number of carbonyl (C=O) groups excluding carboxylic acids is 2. The fourth-order valence-electron chi connectivity index (χ4n) is 2.64.